The summed E-state index contributed by atoms with van der Waals surface area (Å²) < 4.78 is 0. The molecule has 0 fully saturated rings. The van der Waals surface area contributed by atoms with Gasteiger partial charge in [0, 0.05) is 5.71 Å². The van der Waals surface area contributed by atoms with Gasteiger partial charge in [0.05, 0.1) is 5.41 Å². The first-order valence-corrected chi connectivity index (χ1v) is 3.77. The average Bonchev–Trinajstić information content (AvgIpc) is 2.14. The molecule has 0 atom stereocenters. The Hall–Kier alpha value is -0.920. The molecule has 0 amide bonds. The van der Waals surface area contributed by atoms with Crippen LogP contribution in [0.2, 0.25) is 0 Å². The second kappa shape index (κ2) is 2.29. The van der Waals surface area contributed by atoms with Crippen molar-refractivity contribution in [2.75, 3.05) is 0 Å². The Bertz CT molecular complexity index is 255. The van der Waals surface area contributed by atoms with Gasteiger partial charge in [-0.1, -0.05) is 6.08 Å². The predicted octanol–water partition coefficient (Wildman–Crippen LogP) is 1.96. The summed E-state index contributed by atoms with van der Waals surface area (Å²) in [6.07, 6.45) is 1.76. The second-order valence-corrected chi connectivity index (χ2v) is 3.33. The molecule has 2 heteroatoms. The first kappa shape index (κ1) is 8.18. The normalized spacial score (nSPS) is 26.0. The van der Waals surface area contributed by atoms with Crippen LogP contribution in [0.3, 0.4) is 0 Å². The Kier molecular flexibility index (Phi) is 1.70. The molecule has 0 saturated heterocycles. The SMILES string of the molecule is C/C=C1/N=C(C)C(C)(C)C1=O. The zero-order chi connectivity index (χ0) is 8.65. The highest BCUT2D eigenvalue weighted by molar-refractivity contribution is 6.20. The minimum atomic E-state index is -0.373. The molecule has 1 rings (SSSR count). The molecule has 0 saturated carbocycles. The maximum absolute atomic E-state index is 11.5. The van der Waals surface area contributed by atoms with Crippen LogP contribution < -0.4 is 0 Å². The summed E-state index contributed by atoms with van der Waals surface area (Å²) in [6.45, 7) is 7.55. The molecular weight excluding hydrogens is 138 g/mol. The predicted molar refractivity (Wildman–Crippen MR) is 45.7 cm³/mol. The van der Waals surface area contributed by atoms with E-state index in [4.69, 9.17) is 0 Å². The number of rotatable bonds is 0. The summed E-state index contributed by atoms with van der Waals surface area (Å²) >= 11 is 0. The molecule has 0 bridgehead atoms. The van der Waals surface area contributed by atoms with E-state index in [0.717, 1.165) is 5.71 Å². The van der Waals surface area contributed by atoms with Gasteiger partial charge in [0.1, 0.15) is 5.70 Å². The average molecular weight is 151 g/mol. The Balaban J connectivity index is 3.14. The number of ketones is 1. The van der Waals surface area contributed by atoms with Gasteiger partial charge < -0.3 is 0 Å². The van der Waals surface area contributed by atoms with Gasteiger partial charge in [-0.15, -0.1) is 0 Å². The molecule has 0 aromatic heterocycles. The van der Waals surface area contributed by atoms with Crippen LogP contribution in [-0.4, -0.2) is 11.5 Å². The van der Waals surface area contributed by atoms with Crippen LogP contribution in [0.15, 0.2) is 16.8 Å². The maximum Gasteiger partial charge on any atom is 0.191 e. The summed E-state index contributed by atoms with van der Waals surface area (Å²) in [6, 6.07) is 0. The topological polar surface area (TPSA) is 29.4 Å². The molecule has 11 heavy (non-hydrogen) atoms. The number of aliphatic imine (C=N–C) groups is 1. The molecule has 0 spiro atoms. The summed E-state index contributed by atoms with van der Waals surface area (Å²) in [4.78, 5) is 15.7. The minimum Gasteiger partial charge on any atom is -0.291 e. The summed E-state index contributed by atoms with van der Waals surface area (Å²) in [5.41, 5.74) is 1.14. The third kappa shape index (κ3) is 1.02. The largest absolute Gasteiger partial charge is 0.291 e. The van der Waals surface area contributed by atoms with Crippen LogP contribution in [0.25, 0.3) is 0 Å². The van der Waals surface area contributed by atoms with Crippen LogP contribution in [0, 0.1) is 5.41 Å². The lowest BCUT2D eigenvalue weighted by Gasteiger charge is -2.14. The summed E-state index contributed by atoms with van der Waals surface area (Å²) in [5, 5.41) is 0. The summed E-state index contributed by atoms with van der Waals surface area (Å²) in [5.74, 6) is 0.137. The van der Waals surface area contributed by atoms with Crippen molar-refractivity contribution in [1.29, 1.82) is 0 Å². The molecule has 2 nitrogen and oxygen atoms in total. The van der Waals surface area contributed by atoms with Crippen LogP contribution in [-0.2, 0) is 4.79 Å². The Morgan fingerprint density at radius 3 is 2.18 bits per heavy atom. The van der Waals surface area contributed by atoms with E-state index in [1.54, 1.807) is 6.08 Å². The van der Waals surface area contributed by atoms with Crippen molar-refractivity contribution in [2.24, 2.45) is 10.4 Å². The number of Topliss-reactive ketones (excluding diaryl/α,β-unsaturated/α-hetero) is 1. The van der Waals surface area contributed by atoms with E-state index in [2.05, 4.69) is 4.99 Å². The molecule has 1 aliphatic rings. The van der Waals surface area contributed by atoms with Gasteiger partial charge in [0.15, 0.2) is 5.78 Å². The van der Waals surface area contributed by atoms with Gasteiger partial charge >= 0.3 is 0 Å². The van der Waals surface area contributed by atoms with Gasteiger partial charge in [-0.25, -0.2) is 0 Å². The quantitative estimate of drug-likeness (QED) is 0.486. The second-order valence-electron chi connectivity index (χ2n) is 3.33. The van der Waals surface area contributed by atoms with E-state index in [1.165, 1.54) is 0 Å². The zero-order valence-corrected chi connectivity index (χ0v) is 7.43. The number of carbonyl (C=O) groups excluding carboxylic acids is 1. The first-order valence-electron chi connectivity index (χ1n) is 3.77. The molecule has 60 valence electrons. The highest BCUT2D eigenvalue weighted by Crippen LogP contribution is 2.30. The molecule has 0 aromatic rings. The summed E-state index contributed by atoms with van der Waals surface area (Å²) in [7, 11) is 0. The molecular formula is C9H13NO. The third-order valence-electron chi connectivity index (χ3n) is 2.27. The number of nitrogens with zero attached hydrogens (tertiary/aromatic N) is 1. The lowest BCUT2D eigenvalue weighted by atomic mass is 9.85. The lowest BCUT2D eigenvalue weighted by Crippen LogP contribution is -2.26. The van der Waals surface area contributed by atoms with Gasteiger partial charge in [0.2, 0.25) is 0 Å². The Morgan fingerprint density at radius 2 is 2.00 bits per heavy atom. The molecule has 0 unspecified atom stereocenters. The van der Waals surface area contributed by atoms with E-state index in [1.807, 2.05) is 27.7 Å². The molecule has 1 heterocycles. The van der Waals surface area contributed by atoms with Crippen molar-refractivity contribution in [1.82, 2.24) is 0 Å². The van der Waals surface area contributed by atoms with Crippen molar-refractivity contribution >= 4 is 11.5 Å². The number of hydrogen-bond donors (Lipinski definition) is 0. The number of carbonyl (C=O) groups is 1. The standard InChI is InChI=1S/C9H13NO/c1-5-7-8(11)9(3,4)6(2)10-7/h5H,1-4H3/b7-5+. The van der Waals surface area contributed by atoms with Gasteiger partial charge in [-0.05, 0) is 27.7 Å². The van der Waals surface area contributed by atoms with Crippen molar-refractivity contribution in [3.63, 3.8) is 0 Å². The maximum atomic E-state index is 11.5. The van der Waals surface area contributed by atoms with Crippen LogP contribution in [0.5, 0.6) is 0 Å². The van der Waals surface area contributed by atoms with Gasteiger partial charge in [-0.2, -0.15) is 0 Å². The van der Waals surface area contributed by atoms with Crippen molar-refractivity contribution < 1.29 is 4.79 Å². The Labute approximate surface area is 67.0 Å². The van der Waals surface area contributed by atoms with E-state index in [9.17, 15) is 4.79 Å². The van der Waals surface area contributed by atoms with Crippen LogP contribution >= 0.6 is 0 Å². The molecule has 0 aliphatic carbocycles. The van der Waals surface area contributed by atoms with Crippen molar-refractivity contribution in [3.8, 4) is 0 Å². The van der Waals surface area contributed by atoms with E-state index >= 15 is 0 Å². The fraction of sp³-hybridized carbons (Fsp3) is 0.556. The highest BCUT2D eigenvalue weighted by Gasteiger charge is 2.37. The van der Waals surface area contributed by atoms with E-state index in [-0.39, 0.29) is 11.2 Å². The van der Waals surface area contributed by atoms with E-state index in [0.29, 0.717) is 5.70 Å². The molecule has 0 radical (unpaired) electrons. The smallest absolute Gasteiger partial charge is 0.191 e. The third-order valence-corrected chi connectivity index (χ3v) is 2.27. The molecule has 0 N–H and O–H groups in total. The van der Waals surface area contributed by atoms with Crippen molar-refractivity contribution in [3.05, 3.63) is 11.8 Å². The molecule has 0 aromatic carbocycles. The molecule has 1 aliphatic heterocycles. The van der Waals surface area contributed by atoms with Gasteiger partial charge in [0.25, 0.3) is 0 Å². The number of allylic oxidation sites excluding steroid dienone is 2. The lowest BCUT2D eigenvalue weighted by molar-refractivity contribution is -0.119. The Morgan fingerprint density at radius 1 is 1.45 bits per heavy atom. The minimum absolute atomic E-state index is 0.137. The fourth-order valence-electron chi connectivity index (χ4n) is 1.05. The number of hydrogen-bond acceptors (Lipinski definition) is 2. The van der Waals surface area contributed by atoms with E-state index < -0.39 is 0 Å². The zero-order valence-electron chi connectivity index (χ0n) is 7.43. The first-order chi connectivity index (χ1) is 5.00. The fourth-order valence-corrected chi connectivity index (χ4v) is 1.05. The van der Waals surface area contributed by atoms with Gasteiger partial charge in [-0.3, -0.25) is 9.79 Å². The van der Waals surface area contributed by atoms with Crippen LogP contribution in [0.1, 0.15) is 27.7 Å². The highest BCUT2D eigenvalue weighted by atomic mass is 16.1. The monoisotopic (exact) mass is 151 g/mol. The van der Waals surface area contributed by atoms with Crippen molar-refractivity contribution in [2.45, 2.75) is 27.7 Å². The van der Waals surface area contributed by atoms with Crippen LogP contribution in [0.4, 0.5) is 0 Å².